The van der Waals surface area contributed by atoms with Gasteiger partial charge in [0.25, 0.3) is 0 Å². The number of allylic oxidation sites excluding steroid dienone is 1. The SMILES string of the molecule is COC1(CO)C=CC(O)=CC1. The molecule has 0 amide bonds. The van der Waals surface area contributed by atoms with Crippen LogP contribution in [0.25, 0.3) is 0 Å². The fourth-order valence-electron chi connectivity index (χ4n) is 0.984. The highest BCUT2D eigenvalue weighted by Gasteiger charge is 2.26. The fraction of sp³-hybridized carbons (Fsp3) is 0.500. The summed E-state index contributed by atoms with van der Waals surface area (Å²) in [5, 5.41) is 17.9. The molecule has 3 heteroatoms. The molecule has 0 aromatic heterocycles. The van der Waals surface area contributed by atoms with Crippen LogP contribution >= 0.6 is 0 Å². The van der Waals surface area contributed by atoms with Gasteiger partial charge < -0.3 is 14.9 Å². The molecule has 0 heterocycles. The van der Waals surface area contributed by atoms with Crippen molar-refractivity contribution in [3.8, 4) is 0 Å². The van der Waals surface area contributed by atoms with Gasteiger partial charge in [0.05, 0.1) is 6.61 Å². The third-order valence-corrected chi connectivity index (χ3v) is 1.89. The van der Waals surface area contributed by atoms with Gasteiger partial charge in [0.2, 0.25) is 0 Å². The predicted molar refractivity (Wildman–Crippen MR) is 41.3 cm³/mol. The third kappa shape index (κ3) is 1.61. The highest BCUT2D eigenvalue weighted by molar-refractivity contribution is 5.22. The Hall–Kier alpha value is -0.800. The fourth-order valence-corrected chi connectivity index (χ4v) is 0.984. The Kier molecular flexibility index (Phi) is 2.31. The number of hydrogen-bond acceptors (Lipinski definition) is 3. The zero-order valence-corrected chi connectivity index (χ0v) is 6.45. The van der Waals surface area contributed by atoms with E-state index in [1.54, 1.807) is 12.2 Å². The molecule has 62 valence electrons. The summed E-state index contributed by atoms with van der Waals surface area (Å²) >= 11 is 0. The Labute approximate surface area is 65.6 Å². The zero-order chi connectivity index (χ0) is 8.32. The van der Waals surface area contributed by atoms with Gasteiger partial charge in [-0.2, -0.15) is 0 Å². The minimum atomic E-state index is -0.619. The van der Waals surface area contributed by atoms with Gasteiger partial charge in [-0.15, -0.1) is 0 Å². The maximum Gasteiger partial charge on any atom is 0.113 e. The summed E-state index contributed by atoms with van der Waals surface area (Å²) in [4.78, 5) is 0. The lowest BCUT2D eigenvalue weighted by molar-refractivity contribution is -0.0135. The van der Waals surface area contributed by atoms with Gasteiger partial charge in [-0.1, -0.05) is 0 Å². The Morgan fingerprint density at radius 3 is 2.82 bits per heavy atom. The first-order valence-corrected chi connectivity index (χ1v) is 3.47. The van der Waals surface area contributed by atoms with E-state index in [0.29, 0.717) is 6.42 Å². The minimum Gasteiger partial charge on any atom is -0.508 e. The highest BCUT2D eigenvalue weighted by atomic mass is 16.5. The molecule has 0 aromatic rings. The second-order valence-corrected chi connectivity index (χ2v) is 2.59. The molecule has 1 atom stereocenters. The molecule has 11 heavy (non-hydrogen) atoms. The molecule has 0 radical (unpaired) electrons. The van der Waals surface area contributed by atoms with Gasteiger partial charge >= 0.3 is 0 Å². The van der Waals surface area contributed by atoms with Gasteiger partial charge in [-0.25, -0.2) is 0 Å². The van der Waals surface area contributed by atoms with E-state index in [-0.39, 0.29) is 12.4 Å². The van der Waals surface area contributed by atoms with E-state index in [2.05, 4.69) is 0 Å². The van der Waals surface area contributed by atoms with Gasteiger partial charge in [0.1, 0.15) is 11.4 Å². The highest BCUT2D eigenvalue weighted by Crippen LogP contribution is 2.22. The summed E-state index contributed by atoms with van der Waals surface area (Å²) in [5.41, 5.74) is -0.619. The Morgan fingerprint density at radius 1 is 1.73 bits per heavy atom. The average molecular weight is 156 g/mol. The first-order chi connectivity index (χ1) is 5.22. The molecule has 0 fully saturated rings. The zero-order valence-electron chi connectivity index (χ0n) is 6.45. The number of rotatable bonds is 2. The van der Waals surface area contributed by atoms with Crippen LogP contribution in [-0.2, 0) is 4.74 Å². The van der Waals surface area contributed by atoms with E-state index >= 15 is 0 Å². The quantitative estimate of drug-likeness (QED) is 0.620. The molecule has 0 saturated carbocycles. The molecule has 0 aliphatic heterocycles. The molecule has 0 bridgehead atoms. The number of aliphatic hydroxyl groups excluding tert-OH is 2. The van der Waals surface area contributed by atoms with Crippen LogP contribution in [0.15, 0.2) is 24.0 Å². The van der Waals surface area contributed by atoms with Crippen LogP contribution in [0.3, 0.4) is 0 Å². The maximum atomic E-state index is 8.97. The van der Waals surface area contributed by atoms with Crippen molar-refractivity contribution in [2.45, 2.75) is 12.0 Å². The summed E-state index contributed by atoms with van der Waals surface area (Å²) < 4.78 is 5.08. The average Bonchev–Trinajstić information content (AvgIpc) is 2.07. The van der Waals surface area contributed by atoms with Gasteiger partial charge in [0, 0.05) is 13.5 Å². The van der Waals surface area contributed by atoms with Gasteiger partial charge in [-0.3, -0.25) is 0 Å². The summed E-state index contributed by atoms with van der Waals surface area (Å²) in [6.45, 7) is -0.0657. The summed E-state index contributed by atoms with van der Waals surface area (Å²) in [5.74, 6) is 0.228. The van der Waals surface area contributed by atoms with Crippen LogP contribution in [0.2, 0.25) is 0 Å². The molecule has 0 saturated heterocycles. The van der Waals surface area contributed by atoms with Crippen LogP contribution in [0.4, 0.5) is 0 Å². The number of ether oxygens (including phenoxy) is 1. The Bertz CT molecular complexity index is 190. The van der Waals surface area contributed by atoms with Crippen molar-refractivity contribution in [3.63, 3.8) is 0 Å². The Morgan fingerprint density at radius 2 is 2.45 bits per heavy atom. The summed E-state index contributed by atoms with van der Waals surface area (Å²) in [6, 6.07) is 0. The third-order valence-electron chi connectivity index (χ3n) is 1.89. The van der Waals surface area contributed by atoms with E-state index < -0.39 is 5.60 Å². The number of methoxy groups -OCH3 is 1. The molecule has 2 N–H and O–H groups in total. The van der Waals surface area contributed by atoms with Crippen molar-refractivity contribution in [1.82, 2.24) is 0 Å². The number of hydrogen-bond donors (Lipinski definition) is 2. The van der Waals surface area contributed by atoms with Crippen LogP contribution in [0, 0.1) is 0 Å². The number of aliphatic hydroxyl groups is 2. The first kappa shape index (κ1) is 8.30. The van der Waals surface area contributed by atoms with Crippen molar-refractivity contribution in [2.75, 3.05) is 13.7 Å². The van der Waals surface area contributed by atoms with E-state index in [1.807, 2.05) is 0 Å². The van der Waals surface area contributed by atoms with Crippen LogP contribution < -0.4 is 0 Å². The standard InChI is InChI=1S/C8H12O3/c1-11-8(6-9)4-2-7(10)3-5-8/h2-4,9-10H,5-6H2,1H3. The molecule has 1 aliphatic carbocycles. The van der Waals surface area contributed by atoms with Crippen LogP contribution in [0.1, 0.15) is 6.42 Å². The van der Waals surface area contributed by atoms with Gasteiger partial charge in [0.15, 0.2) is 0 Å². The lowest BCUT2D eigenvalue weighted by atomic mass is 9.95. The molecule has 0 aromatic carbocycles. The van der Waals surface area contributed by atoms with E-state index in [4.69, 9.17) is 14.9 Å². The lowest BCUT2D eigenvalue weighted by Crippen LogP contribution is -2.34. The van der Waals surface area contributed by atoms with Crippen molar-refractivity contribution in [2.24, 2.45) is 0 Å². The van der Waals surface area contributed by atoms with Crippen LogP contribution in [0.5, 0.6) is 0 Å². The normalized spacial score (nSPS) is 30.2. The smallest absolute Gasteiger partial charge is 0.113 e. The van der Waals surface area contributed by atoms with E-state index in [1.165, 1.54) is 13.2 Å². The molecule has 3 nitrogen and oxygen atoms in total. The van der Waals surface area contributed by atoms with Crippen molar-refractivity contribution >= 4 is 0 Å². The second-order valence-electron chi connectivity index (χ2n) is 2.59. The lowest BCUT2D eigenvalue weighted by Gasteiger charge is -2.27. The maximum absolute atomic E-state index is 8.97. The predicted octanol–water partition coefficient (Wildman–Crippen LogP) is 0.766. The monoisotopic (exact) mass is 156 g/mol. The molecular formula is C8H12O3. The Balaban J connectivity index is 2.71. The molecule has 0 spiro atoms. The topological polar surface area (TPSA) is 49.7 Å². The van der Waals surface area contributed by atoms with Crippen molar-refractivity contribution < 1.29 is 14.9 Å². The van der Waals surface area contributed by atoms with Crippen LogP contribution in [-0.4, -0.2) is 29.5 Å². The largest absolute Gasteiger partial charge is 0.508 e. The van der Waals surface area contributed by atoms with Gasteiger partial charge in [-0.05, 0) is 18.2 Å². The molecule has 1 rings (SSSR count). The summed E-state index contributed by atoms with van der Waals surface area (Å²) in [7, 11) is 1.54. The molecule has 1 unspecified atom stereocenters. The molecule has 1 aliphatic rings. The van der Waals surface area contributed by atoms with E-state index in [0.717, 1.165) is 0 Å². The second kappa shape index (κ2) is 3.07. The van der Waals surface area contributed by atoms with E-state index in [9.17, 15) is 0 Å². The summed E-state index contributed by atoms with van der Waals surface area (Å²) in [6.07, 6.45) is 5.34. The molecular weight excluding hydrogens is 144 g/mol. The van der Waals surface area contributed by atoms with Crippen molar-refractivity contribution in [1.29, 1.82) is 0 Å². The minimum absolute atomic E-state index is 0.0657. The van der Waals surface area contributed by atoms with Crippen molar-refractivity contribution in [3.05, 3.63) is 24.0 Å². The first-order valence-electron chi connectivity index (χ1n) is 3.47.